The number of carboxylic acids is 1. The van der Waals surface area contributed by atoms with E-state index in [1.807, 2.05) is 60.7 Å². The highest BCUT2D eigenvalue weighted by Gasteiger charge is 2.18. The van der Waals surface area contributed by atoms with Crippen LogP contribution in [-0.4, -0.2) is 53.7 Å². The van der Waals surface area contributed by atoms with Gasteiger partial charge in [-0.3, -0.25) is 4.79 Å². The van der Waals surface area contributed by atoms with Crippen LogP contribution in [0.1, 0.15) is 29.8 Å². The van der Waals surface area contributed by atoms with E-state index in [0.29, 0.717) is 11.4 Å². The number of rotatable bonds is 9. The summed E-state index contributed by atoms with van der Waals surface area (Å²) in [7, 11) is 1.73. The number of aromatic nitrogens is 4. The summed E-state index contributed by atoms with van der Waals surface area (Å²) in [5, 5.41) is 40.8. The molecule has 3 N–H and O–H groups in total. The Labute approximate surface area is 179 Å². The zero-order valence-electron chi connectivity index (χ0n) is 17.0. The molecule has 0 saturated heterocycles. The highest BCUT2D eigenvalue weighted by molar-refractivity contribution is 6.00. The van der Waals surface area contributed by atoms with Crippen LogP contribution in [0.2, 0.25) is 0 Å². The van der Waals surface area contributed by atoms with E-state index in [0.717, 1.165) is 16.7 Å². The second kappa shape index (κ2) is 10.4. The van der Waals surface area contributed by atoms with Gasteiger partial charge in [0.25, 0.3) is 0 Å². The van der Waals surface area contributed by atoms with Crippen LogP contribution in [0.25, 0.3) is 11.1 Å². The minimum absolute atomic E-state index is 0.0981. The predicted molar refractivity (Wildman–Crippen MR) is 116 cm³/mol. The first-order valence-electron chi connectivity index (χ1n) is 9.79. The molecule has 0 aliphatic rings. The van der Waals surface area contributed by atoms with Crippen LogP contribution in [-0.2, 0) is 11.8 Å². The van der Waals surface area contributed by atoms with E-state index in [1.165, 1.54) is 10.8 Å². The Bertz CT molecular complexity index is 1020. The molecule has 0 bridgehead atoms. The molecule has 0 aliphatic carbocycles. The van der Waals surface area contributed by atoms with Crippen LogP contribution in [0.3, 0.4) is 0 Å². The standard InChI is InChI=1S/C23H24N4O4/c1-27-23(24-25-26-27)20(13-12-18(28)14-19(29)15-21(30)31)22(16-8-4-2-5-9-16)17-10-6-3-7-11-17/h2-13,18-19,28-29H,14-15H2,1H3,(H,30,31). The van der Waals surface area contributed by atoms with Gasteiger partial charge in [-0.25, -0.2) is 4.68 Å². The van der Waals surface area contributed by atoms with Crippen molar-refractivity contribution < 1.29 is 20.1 Å². The fraction of sp³-hybridized carbons (Fsp3) is 0.217. The molecular formula is C23H24N4O4. The van der Waals surface area contributed by atoms with Crippen LogP contribution in [0.4, 0.5) is 0 Å². The number of allylic oxidation sites excluding steroid dienone is 2. The second-order valence-corrected chi connectivity index (χ2v) is 7.06. The molecule has 1 aromatic heterocycles. The predicted octanol–water partition coefficient (Wildman–Crippen LogP) is 2.31. The number of aliphatic hydroxyl groups is 2. The van der Waals surface area contributed by atoms with E-state index in [-0.39, 0.29) is 6.42 Å². The summed E-state index contributed by atoms with van der Waals surface area (Å²) < 4.78 is 1.54. The fourth-order valence-corrected chi connectivity index (χ4v) is 3.26. The summed E-state index contributed by atoms with van der Waals surface area (Å²) in [6, 6.07) is 19.5. The highest BCUT2D eigenvalue weighted by atomic mass is 16.4. The van der Waals surface area contributed by atoms with E-state index in [1.54, 1.807) is 13.1 Å². The van der Waals surface area contributed by atoms with Crippen LogP contribution in [0.5, 0.6) is 0 Å². The Balaban J connectivity index is 2.09. The first-order valence-corrected chi connectivity index (χ1v) is 9.79. The van der Waals surface area contributed by atoms with Crippen LogP contribution < -0.4 is 0 Å². The largest absolute Gasteiger partial charge is 0.481 e. The lowest BCUT2D eigenvalue weighted by Gasteiger charge is -2.15. The molecule has 8 heteroatoms. The molecule has 1 heterocycles. The number of carbonyl (C=O) groups is 1. The molecule has 0 amide bonds. The molecule has 0 saturated carbocycles. The van der Waals surface area contributed by atoms with Gasteiger partial charge in [0.1, 0.15) is 0 Å². The van der Waals surface area contributed by atoms with Crippen molar-refractivity contribution in [3.63, 3.8) is 0 Å². The van der Waals surface area contributed by atoms with Crippen molar-refractivity contribution in [1.29, 1.82) is 0 Å². The lowest BCUT2D eigenvalue weighted by molar-refractivity contribution is -0.139. The summed E-state index contributed by atoms with van der Waals surface area (Å²) in [4.78, 5) is 10.8. The summed E-state index contributed by atoms with van der Waals surface area (Å²) in [6.45, 7) is 0. The maximum Gasteiger partial charge on any atom is 0.305 e. The highest BCUT2D eigenvalue weighted by Crippen LogP contribution is 2.32. The number of tetrazole rings is 1. The minimum atomic E-state index is -1.15. The summed E-state index contributed by atoms with van der Waals surface area (Å²) in [5.41, 5.74) is 3.43. The number of aliphatic hydroxyl groups excluding tert-OH is 2. The molecule has 0 fully saturated rings. The summed E-state index contributed by atoms with van der Waals surface area (Å²) >= 11 is 0. The van der Waals surface area contributed by atoms with Gasteiger partial charge in [0.15, 0.2) is 5.82 Å². The van der Waals surface area contributed by atoms with Crippen molar-refractivity contribution in [3.8, 4) is 0 Å². The molecule has 2 aromatic carbocycles. The molecule has 8 nitrogen and oxygen atoms in total. The van der Waals surface area contributed by atoms with Crippen molar-refractivity contribution in [2.45, 2.75) is 25.0 Å². The molecular weight excluding hydrogens is 396 g/mol. The van der Waals surface area contributed by atoms with E-state index in [4.69, 9.17) is 5.11 Å². The minimum Gasteiger partial charge on any atom is -0.481 e. The molecule has 3 rings (SSSR count). The first kappa shape index (κ1) is 22.1. The zero-order valence-corrected chi connectivity index (χ0v) is 17.0. The third-order valence-corrected chi connectivity index (χ3v) is 4.66. The molecule has 31 heavy (non-hydrogen) atoms. The Kier molecular flexibility index (Phi) is 7.42. The first-order chi connectivity index (χ1) is 15.0. The third-order valence-electron chi connectivity index (χ3n) is 4.66. The second-order valence-electron chi connectivity index (χ2n) is 7.06. The molecule has 0 aliphatic heterocycles. The Morgan fingerprint density at radius 2 is 1.61 bits per heavy atom. The number of hydrogen-bond acceptors (Lipinski definition) is 6. The Morgan fingerprint density at radius 1 is 1.03 bits per heavy atom. The van der Waals surface area contributed by atoms with Gasteiger partial charge in [-0.1, -0.05) is 72.8 Å². The van der Waals surface area contributed by atoms with Gasteiger partial charge in [-0.15, -0.1) is 5.10 Å². The van der Waals surface area contributed by atoms with Crippen LogP contribution >= 0.6 is 0 Å². The number of hydrogen-bond donors (Lipinski definition) is 3. The van der Waals surface area contributed by atoms with Gasteiger partial charge in [0.05, 0.1) is 18.6 Å². The number of aryl methyl sites for hydroxylation is 1. The van der Waals surface area contributed by atoms with Crippen molar-refractivity contribution in [1.82, 2.24) is 20.2 Å². The number of aliphatic carboxylic acids is 1. The van der Waals surface area contributed by atoms with E-state index in [9.17, 15) is 15.0 Å². The molecule has 0 radical (unpaired) electrons. The number of benzene rings is 2. The maximum atomic E-state index is 10.8. The van der Waals surface area contributed by atoms with Crippen molar-refractivity contribution in [3.05, 3.63) is 89.8 Å². The number of carboxylic acid groups (broad SMARTS) is 1. The summed E-state index contributed by atoms with van der Waals surface area (Å²) in [6.07, 6.45) is 0.501. The van der Waals surface area contributed by atoms with Gasteiger partial charge >= 0.3 is 5.97 Å². The summed E-state index contributed by atoms with van der Waals surface area (Å²) in [5.74, 6) is -0.623. The van der Waals surface area contributed by atoms with Gasteiger partial charge in [0.2, 0.25) is 0 Å². The lowest BCUT2D eigenvalue weighted by Crippen LogP contribution is -2.19. The third kappa shape index (κ3) is 5.94. The quantitative estimate of drug-likeness (QED) is 0.454. The maximum absolute atomic E-state index is 10.8. The SMILES string of the molecule is Cn1nnnc1C(C=CC(O)CC(O)CC(=O)O)=C(c1ccccc1)c1ccccc1. The van der Waals surface area contributed by atoms with Gasteiger partial charge in [0, 0.05) is 19.0 Å². The van der Waals surface area contributed by atoms with E-state index in [2.05, 4.69) is 15.5 Å². The van der Waals surface area contributed by atoms with Crippen LogP contribution in [0.15, 0.2) is 72.8 Å². The van der Waals surface area contributed by atoms with Gasteiger partial charge in [-0.2, -0.15) is 0 Å². The molecule has 2 atom stereocenters. The van der Waals surface area contributed by atoms with E-state index >= 15 is 0 Å². The monoisotopic (exact) mass is 420 g/mol. The molecule has 3 aromatic rings. The Morgan fingerprint density at radius 3 is 2.10 bits per heavy atom. The molecule has 2 unspecified atom stereocenters. The lowest BCUT2D eigenvalue weighted by atomic mass is 9.92. The Hall–Kier alpha value is -3.62. The van der Waals surface area contributed by atoms with Crippen LogP contribution in [0, 0.1) is 0 Å². The normalized spacial score (nSPS) is 13.1. The van der Waals surface area contributed by atoms with Crippen molar-refractivity contribution >= 4 is 17.1 Å². The molecule has 0 spiro atoms. The van der Waals surface area contributed by atoms with Crippen molar-refractivity contribution in [2.75, 3.05) is 0 Å². The molecule has 160 valence electrons. The van der Waals surface area contributed by atoms with Gasteiger partial charge in [-0.05, 0) is 27.1 Å². The van der Waals surface area contributed by atoms with Gasteiger partial charge < -0.3 is 15.3 Å². The average molecular weight is 420 g/mol. The average Bonchev–Trinajstić information content (AvgIpc) is 3.17. The van der Waals surface area contributed by atoms with E-state index < -0.39 is 24.6 Å². The number of nitrogens with zero attached hydrogens (tertiary/aromatic N) is 4. The fourth-order valence-electron chi connectivity index (χ4n) is 3.26. The van der Waals surface area contributed by atoms with Crippen molar-refractivity contribution in [2.24, 2.45) is 7.05 Å². The topological polar surface area (TPSA) is 121 Å². The smallest absolute Gasteiger partial charge is 0.305 e. The zero-order chi connectivity index (χ0) is 22.2.